The lowest BCUT2D eigenvalue weighted by molar-refractivity contribution is -0.137. The Morgan fingerprint density at radius 1 is 1.07 bits per heavy atom. The van der Waals surface area contributed by atoms with Gasteiger partial charge in [-0.25, -0.2) is 0 Å². The van der Waals surface area contributed by atoms with Crippen molar-refractivity contribution in [2.45, 2.75) is 19.3 Å². The van der Waals surface area contributed by atoms with Crippen LogP contribution < -0.4 is 5.73 Å². The maximum absolute atomic E-state index is 13.1. The summed E-state index contributed by atoms with van der Waals surface area (Å²) >= 11 is 0. The molecule has 0 bridgehead atoms. The number of alkyl halides is 3. The minimum atomic E-state index is -4.44. The first kappa shape index (κ1) is 19.0. The Labute approximate surface area is 164 Å². The molecule has 4 rings (SSSR count). The predicted octanol–water partition coefficient (Wildman–Crippen LogP) is 4.25. The van der Waals surface area contributed by atoms with Crippen LogP contribution in [0.15, 0.2) is 54.6 Å². The number of rotatable bonds is 4. The standard InChI is InChI=1S/C22H16F3N2O2/c23-22(24,25)15-4-1-3-13(9-15)11-27-18-6-2-5-17(21(26)29)20(18)16-8-7-14(12-28)10-19(16)27/h1-7,9-10,28H,11-12H2,(H2,26,29). The first-order chi connectivity index (χ1) is 13.8. The van der Waals surface area contributed by atoms with Crippen molar-refractivity contribution in [3.05, 3.63) is 82.9 Å². The van der Waals surface area contributed by atoms with Gasteiger partial charge in [0.2, 0.25) is 5.91 Å². The fourth-order valence-electron chi connectivity index (χ4n) is 3.59. The maximum atomic E-state index is 13.1. The van der Waals surface area contributed by atoms with E-state index in [-0.39, 0.29) is 13.2 Å². The summed E-state index contributed by atoms with van der Waals surface area (Å²) in [6, 6.07) is 16.6. The van der Waals surface area contributed by atoms with Crippen molar-refractivity contribution in [2.75, 3.05) is 0 Å². The molecule has 0 spiro atoms. The van der Waals surface area contributed by atoms with Crippen LogP contribution in [0.25, 0.3) is 21.8 Å². The van der Waals surface area contributed by atoms with E-state index in [9.17, 15) is 23.1 Å². The number of fused-ring (bicyclic) bond motifs is 3. The smallest absolute Gasteiger partial charge is 0.392 e. The van der Waals surface area contributed by atoms with Gasteiger partial charge in [0.1, 0.15) is 0 Å². The van der Waals surface area contributed by atoms with E-state index >= 15 is 0 Å². The van der Waals surface area contributed by atoms with E-state index in [1.54, 1.807) is 36.4 Å². The molecule has 7 heteroatoms. The Kier molecular flexibility index (Phi) is 4.55. The first-order valence-electron chi connectivity index (χ1n) is 8.82. The second-order valence-electron chi connectivity index (χ2n) is 6.77. The minimum Gasteiger partial charge on any atom is -0.392 e. The average Bonchev–Trinajstić information content (AvgIpc) is 3.00. The minimum absolute atomic E-state index is 0.148. The lowest BCUT2D eigenvalue weighted by Gasteiger charge is -2.11. The van der Waals surface area contributed by atoms with Gasteiger partial charge in [0.15, 0.2) is 0 Å². The van der Waals surface area contributed by atoms with Crippen molar-refractivity contribution in [1.82, 2.24) is 4.57 Å². The van der Waals surface area contributed by atoms with E-state index < -0.39 is 17.6 Å². The number of carbonyl (C=O) groups excluding carboxylic acids is 1. The third kappa shape index (κ3) is 3.34. The van der Waals surface area contributed by atoms with Crippen LogP contribution in [0.3, 0.4) is 0 Å². The molecule has 0 aliphatic rings. The molecule has 147 valence electrons. The number of hydrogen-bond acceptors (Lipinski definition) is 2. The number of nitrogens with two attached hydrogens (primary N) is 1. The third-order valence-corrected chi connectivity index (χ3v) is 4.90. The van der Waals surface area contributed by atoms with Gasteiger partial charge in [-0.15, -0.1) is 0 Å². The van der Waals surface area contributed by atoms with Gasteiger partial charge >= 0.3 is 6.18 Å². The van der Waals surface area contributed by atoms with Gasteiger partial charge in [-0.2, -0.15) is 13.2 Å². The highest BCUT2D eigenvalue weighted by atomic mass is 19.4. The molecule has 0 atom stereocenters. The van der Waals surface area contributed by atoms with Crippen LogP contribution in [0.1, 0.15) is 27.0 Å². The van der Waals surface area contributed by atoms with Gasteiger partial charge in [0.05, 0.1) is 23.2 Å². The molecule has 29 heavy (non-hydrogen) atoms. The molecule has 4 aromatic rings. The Hall–Kier alpha value is -3.32. The molecule has 0 saturated heterocycles. The zero-order valence-corrected chi connectivity index (χ0v) is 15.1. The number of hydrogen-bond donors (Lipinski definition) is 2. The summed E-state index contributed by atoms with van der Waals surface area (Å²) in [6.45, 7) is -0.0605. The number of carbonyl (C=O) groups is 1. The molecule has 1 radical (unpaired) electrons. The first-order valence-corrected chi connectivity index (χ1v) is 8.82. The number of primary amides is 1. The summed E-state index contributed by atoms with van der Waals surface area (Å²) in [4.78, 5) is 11.9. The van der Waals surface area contributed by atoms with E-state index in [0.717, 1.165) is 12.1 Å². The second kappa shape index (κ2) is 6.93. The van der Waals surface area contributed by atoms with Crippen LogP contribution >= 0.6 is 0 Å². The van der Waals surface area contributed by atoms with Crippen LogP contribution in [0.2, 0.25) is 0 Å². The molecule has 0 aliphatic heterocycles. The predicted molar refractivity (Wildman–Crippen MR) is 103 cm³/mol. The van der Waals surface area contributed by atoms with Crippen LogP contribution in [0.4, 0.5) is 13.2 Å². The van der Waals surface area contributed by atoms with E-state index in [1.807, 2.05) is 4.57 Å². The molecule has 0 aliphatic carbocycles. The van der Waals surface area contributed by atoms with Gasteiger partial charge in [0.25, 0.3) is 0 Å². The summed E-state index contributed by atoms with van der Waals surface area (Å²) in [6.07, 6.45) is -4.44. The summed E-state index contributed by atoms with van der Waals surface area (Å²) in [5.74, 6) is -0.603. The highest BCUT2D eigenvalue weighted by molar-refractivity contribution is 6.17. The fraction of sp³-hybridized carbons (Fsp3) is 0.136. The van der Waals surface area contributed by atoms with E-state index in [0.29, 0.717) is 38.5 Å². The van der Waals surface area contributed by atoms with Gasteiger partial charge in [-0.3, -0.25) is 4.79 Å². The highest BCUT2D eigenvalue weighted by Crippen LogP contribution is 2.34. The lowest BCUT2D eigenvalue weighted by atomic mass is 10.0. The molecular weight excluding hydrogens is 381 g/mol. The number of aromatic nitrogens is 1. The molecule has 1 heterocycles. The van der Waals surface area contributed by atoms with Crippen molar-refractivity contribution in [2.24, 2.45) is 5.73 Å². The summed E-state index contributed by atoms with van der Waals surface area (Å²) in [5, 5.41) is 10.7. The van der Waals surface area contributed by atoms with Gasteiger partial charge in [-0.05, 0) is 53.6 Å². The lowest BCUT2D eigenvalue weighted by Crippen LogP contribution is -2.11. The van der Waals surface area contributed by atoms with Crippen LogP contribution in [0.5, 0.6) is 0 Å². The summed E-state index contributed by atoms with van der Waals surface area (Å²) < 4.78 is 41.1. The van der Waals surface area contributed by atoms with Crippen LogP contribution in [0, 0.1) is 6.07 Å². The Bertz CT molecular complexity index is 1240. The maximum Gasteiger partial charge on any atom is 0.416 e. The molecule has 0 saturated carbocycles. The van der Waals surface area contributed by atoms with E-state index in [1.165, 1.54) is 6.07 Å². The quantitative estimate of drug-likeness (QED) is 0.541. The molecule has 3 N–H and O–H groups in total. The Balaban J connectivity index is 1.98. The Morgan fingerprint density at radius 2 is 1.83 bits per heavy atom. The molecule has 1 aromatic heterocycles. The summed E-state index contributed by atoms with van der Waals surface area (Å²) in [5.41, 5.74) is 7.47. The number of aliphatic hydroxyl groups excluding tert-OH is 1. The normalized spacial score (nSPS) is 12.0. The zero-order valence-electron chi connectivity index (χ0n) is 15.1. The molecule has 3 aromatic carbocycles. The van der Waals surface area contributed by atoms with Crippen molar-refractivity contribution in [3.8, 4) is 0 Å². The second-order valence-corrected chi connectivity index (χ2v) is 6.77. The highest BCUT2D eigenvalue weighted by Gasteiger charge is 2.30. The number of aliphatic hydroxyl groups is 1. The van der Waals surface area contributed by atoms with E-state index in [2.05, 4.69) is 6.07 Å². The number of halogens is 3. The fourth-order valence-corrected chi connectivity index (χ4v) is 3.59. The number of nitrogens with zero attached hydrogens (tertiary/aromatic N) is 1. The average molecular weight is 397 g/mol. The largest absolute Gasteiger partial charge is 0.416 e. The molecule has 0 fully saturated rings. The molecular formula is C22H16F3N2O2. The van der Waals surface area contributed by atoms with Gasteiger partial charge in [-0.1, -0.05) is 18.2 Å². The van der Waals surface area contributed by atoms with Crippen molar-refractivity contribution in [3.63, 3.8) is 0 Å². The van der Waals surface area contributed by atoms with Gasteiger partial charge in [0, 0.05) is 22.9 Å². The summed E-state index contributed by atoms with van der Waals surface area (Å²) in [7, 11) is 0. The zero-order chi connectivity index (χ0) is 20.8. The third-order valence-electron chi connectivity index (χ3n) is 4.90. The molecule has 4 nitrogen and oxygen atoms in total. The SMILES string of the molecule is NC(=O)c1cccc2c1c1[c]cc(CO)cc1n2Cc1cccc(C(F)(F)F)c1. The molecule has 0 unspecified atom stereocenters. The van der Waals surface area contributed by atoms with Crippen molar-refractivity contribution < 1.29 is 23.1 Å². The topological polar surface area (TPSA) is 68.2 Å². The molecule has 1 amide bonds. The number of benzene rings is 3. The van der Waals surface area contributed by atoms with E-state index in [4.69, 9.17) is 5.73 Å². The van der Waals surface area contributed by atoms with Crippen molar-refractivity contribution >= 4 is 27.7 Å². The Morgan fingerprint density at radius 3 is 2.52 bits per heavy atom. The van der Waals surface area contributed by atoms with Crippen molar-refractivity contribution in [1.29, 1.82) is 0 Å². The van der Waals surface area contributed by atoms with Gasteiger partial charge < -0.3 is 15.4 Å². The van der Waals surface area contributed by atoms with Crippen LogP contribution in [-0.2, 0) is 19.3 Å². The monoisotopic (exact) mass is 397 g/mol. The number of amides is 1. The van der Waals surface area contributed by atoms with Crippen LogP contribution in [-0.4, -0.2) is 15.6 Å².